The number of hydrogen-bond acceptors (Lipinski definition) is 5. The summed E-state index contributed by atoms with van der Waals surface area (Å²) in [7, 11) is 1.54. The van der Waals surface area contributed by atoms with E-state index in [1.54, 1.807) is 62.6 Å². The summed E-state index contributed by atoms with van der Waals surface area (Å²) in [5.41, 5.74) is 1.82. The lowest BCUT2D eigenvalue weighted by molar-refractivity contribution is -0.141. The lowest BCUT2D eigenvalue weighted by atomic mass is 9.93. The van der Waals surface area contributed by atoms with Crippen LogP contribution in [0.25, 0.3) is 6.08 Å². The first-order valence-corrected chi connectivity index (χ1v) is 10.9. The van der Waals surface area contributed by atoms with Gasteiger partial charge in [-0.2, -0.15) is 5.26 Å². The Morgan fingerprint density at radius 3 is 2.48 bits per heavy atom. The molecular weight excluding hydrogens is 440 g/mol. The molecule has 0 spiro atoms. The number of methoxy groups -OCH3 is 1. The van der Waals surface area contributed by atoms with Crippen molar-refractivity contribution in [3.63, 3.8) is 0 Å². The minimum absolute atomic E-state index is 0.0293. The number of ether oxygens (including phenoxy) is 2. The van der Waals surface area contributed by atoms with Gasteiger partial charge in [-0.15, -0.1) is 0 Å². The van der Waals surface area contributed by atoms with Gasteiger partial charge in [0.1, 0.15) is 11.6 Å². The van der Waals surface area contributed by atoms with Gasteiger partial charge in [0.05, 0.1) is 20.3 Å². The van der Waals surface area contributed by atoms with Gasteiger partial charge in [-0.1, -0.05) is 49.7 Å². The fourth-order valence-corrected chi connectivity index (χ4v) is 3.58. The van der Waals surface area contributed by atoms with Crippen molar-refractivity contribution in [2.24, 2.45) is 5.92 Å². The Morgan fingerprint density at radius 1 is 1.12 bits per heavy atom. The number of nitrogens with zero attached hydrogens (tertiary/aromatic N) is 2. The van der Waals surface area contributed by atoms with Crippen molar-refractivity contribution in [1.29, 1.82) is 5.26 Å². The summed E-state index contributed by atoms with van der Waals surface area (Å²) in [5, 5.41) is 10.0. The third kappa shape index (κ3) is 5.27. The van der Waals surface area contributed by atoms with E-state index in [2.05, 4.69) is 13.8 Å². The number of carbonyl (C=O) groups excluding carboxylic acids is 2. The van der Waals surface area contributed by atoms with Gasteiger partial charge in [0.2, 0.25) is 0 Å². The minimum Gasteiger partial charge on any atom is -0.493 e. The van der Waals surface area contributed by atoms with Crippen molar-refractivity contribution < 1.29 is 19.1 Å². The lowest BCUT2D eigenvalue weighted by Gasteiger charge is -2.27. The highest BCUT2D eigenvalue weighted by molar-refractivity contribution is 6.31. The Labute approximate surface area is 198 Å². The van der Waals surface area contributed by atoms with E-state index >= 15 is 0 Å². The van der Waals surface area contributed by atoms with Crippen LogP contribution >= 0.6 is 11.6 Å². The van der Waals surface area contributed by atoms with Crippen molar-refractivity contribution in [3.8, 4) is 17.6 Å². The highest BCUT2D eigenvalue weighted by Crippen LogP contribution is 2.32. The van der Waals surface area contributed by atoms with Gasteiger partial charge in [0, 0.05) is 10.6 Å². The second-order valence-electron chi connectivity index (χ2n) is 8.07. The quantitative estimate of drug-likeness (QED) is 0.417. The molecule has 0 saturated heterocycles. The van der Waals surface area contributed by atoms with Gasteiger partial charge in [0.25, 0.3) is 11.8 Å². The Balaban J connectivity index is 2.01. The third-order valence-electron chi connectivity index (χ3n) is 5.18. The number of nitriles is 1. The van der Waals surface area contributed by atoms with Crippen molar-refractivity contribution in [2.45, 2.75) is 27.3 Å². The molecule has 3 rings (SSSR count). The van der Waals surface area contributed by atoms with E-state index in [1.807, 2.05) is 6.07 Å². The zero-order valence-corrected chi connectivity index (χ0v) is 19.8. The molecule has 0 atom stereocenters. The average Bonchev–Trinajstić information content (AvgIpc) is 2.79. The Bertz CT molecular complexity index is 1190. The van der Waals surface area contributed by atoms with Gasteiger partial charge >= 0.3 is 0 Å². The van der Waals surface area contributed by atoms with Gasteiger partial charge in [0.15, 0.2) is 11.5 Å². The van der Waals surface area contributed by atoms with E-state index in [1.165, 1.54) is 0 Å². The highest BCUT2D eigenvalue weighted by atomic mass is 35.5. The van der Waals surface area contributed by atoms with E-state index in [0.29, 0.717) is 45.7 Å². The highest BCUT2D eigenvalue weighted by Gasteiger charge is 2.35. The summed E-state index contributed by atoms with van der Waals surface area (Å²) >= 11 is 6.23. The summed E-state index contributed by atoms with van der Waals surface area (Å²) in [6.07, 6.45) is 1.65. The first-order chi connectivity index (χ1) is 15.8. The second-order valence-corrected chi connectivity index (χ2v) is 8.48. The summed E-state index contributed by atoms with van der Waals surface area (Å²) < 4.78 is 11.2. The summed E-state index contributed by atoms with van der Waals surface area (Å²) in [4.78, 5) is 27.3. The number of carbonyl (C=O) groups is 2. The van der Waals surface area contributed by atoms with E-state index in [4.69, 9.17) is 21.1 Å². The fourth-order valence-electron chi connectivity index (χ4n) is 3.39. The van der Waals surface area contributed by atoms with Crippen molar-refractivity contribution in [1.82, 2.24) is 4.90 Å². The molecule has 0 radical (unpaired) electrons. The Morgan fingerprint density at radius 2 is 1.85 bits per heavy atom. The monoisotopic (exact) mass is 464 g/mol. The van der Waals surface area contributed by atoms with E-state index in [9.17, 15) is 14.9 Å². The normalized spacial score (nSPS) is 15.3. The molecule has 0 unspecified atom stereocenters. The number of hydrogen-bond donors (Lipinski definition) is 0. The third-order valence-corrected chi connectivity index (χ3v) is 5.55. The molecule has 2 amide bonds. The molecule has 1 heterocycles. The molecule has 2 aromatic carbocycles. The van der Waals surface area contributed by atoms with Gasteiger partial charge < -0.3 is 9.47 Å². The number of halogens is 1. The predicted molar refractivity (Wildman–Crippen MR) is 127 cm³/mol. The number of imide groups is 1. The molecule has 1 aliphatic rings. The lowest BCUT2D eigenvalue weighted by Crippen LogP contribution is -2.42. The molecule has 33 heavy (non-hydrogen) atoms. The van der Waals surface area contributed by atoms with Crippen LogP contribution < -0.4 is 9.47 Å². The summed E-state index contributed by atoms with van der Waals surface area (Å²) in [6.45, 7) is 6.22. The standard InChI is InChI=1S/C26H25ClN2O4/c1-16(2)15-33-23-10-9-18(12-24(23)32-4)11-20-17(3)21(13-28)26(31)29(25(20)30)14-19-7-5-6-8-22(19)27/h5-12,16H,14-15H2,1-4H3/b20-11+. The largest absolute Gasteiger partial charge is 0.493 e. The van der Waals surface area contributed by atoms with Crippen LogP contribution in [0.5, 0.6) is 11.5 Å². The molecular formula is C26H25ClN2O4. The Kier molecular flexibility index (Phi) is 7.57. The van der Waals surface area contributed by atoms with Crippen molar-refractivity contribution >= 4 is 29.5 Å². The average molecular weight is 465 g/mol. The molecule has 2 aromatic rings. The molecule has 0 bridgehead atoms. The van der Waals surface area contributed by atoms with Gasteiger partial charge in [-0.25, -0.2) is 0 Å². The summed E-state index contributed by atoms with van der Waals surface area (Å²) in [6, 6.07) is 14.2. The smallest absolute Gasteiger partial charge is 0.271 e. The van der Waals surface area contributed by atoms with Gasteiger partial charge in [-0.3, -0.25) is 14.5 Å². The van der Waals surface area contributed by atoms with E-state index in [-0.39, 0.29) is 17.7 Å². The number of amides is 2. The fraction of sp³-hybridized carbons (Fsp3) is 0.269. The van der Waals surface area contributed by atoms with Crippen molar-refractivity contribution in [3.05, 3.63) is 75.3 Å². The number of benzene rings is 2. The molecule has 0 N–H and O–H groups in total. The molecule has 0 fully saturated rings. The van der Waals surface area contributed by atoms with Crippen molar-refractivity contribution in [2.75, 3.05) is 13.7 Å². The SMILES string of the molecule is COc1cc(/C=C2/C(=O)N(Cc3ccccc3Cl)C(=O)C(C#N)=C2C)ccc1OCC(C)C. The molecule has 1 aliphatic heterocycles. The van der Waals surface area contributed by atoms with Crippen LogP contribution in [0, 0.1) is 17.2 Å². The van der Waals surface area contributed by atoms with Crippen LogP contribution in [0.2, 0.25) is 5.02 Å². The number of rotatable bonds is 7. The van der Waals surface area contributed by atoms with E-state index in [0.717, 1.165) is 4.90 Å². The maximum atomic E-state index is 13.3. The van der Waals surface area contributed by atoms with Crippen LogP contribution in [0.4, 0.5) is 0 Å². The minimum atomic E-state index is -0.632. The zero-order valence-electron chi connectivity index (χ0n) is 19.0. The molecule has 0 aromatic heterocycles. The zero-order chi connectivity index (χ0) is 24.1. The molecule has 0 aliphatic carbocycles. The van der Waals surface area contributed by atoms with Crippen LogP contribution in [-0.4, -0.2) is 30.4 Å². The molecule has 7 heteroatoms. The van der Waals surface area contributed by atoms with Crippen LogP contribution in [0.3, 0.4) is 0 Å². The molecule has 170 valence electrons. The van der Waals surface area contributed by atoms with Crippen LogP contribution in [-0.2, 0) is 16.1 Å². The van der Waals surface area contributed by atoms with Crippen LogP contribution in [0.1, 0.15) is 31.9 Å². The first kappa shape index (κ1) is 24.1. The maximum Gasteiger partial charge on any atom is 0.271 e. The molecule has 6 nitrogen and oxygen atoms in total. The topological polar surface area (TPSA) is 79.6 Å². The first-order valence-electron chi connectivity index (χ1n) is 10.5. The van der Waals surface area contributed by atoms with Crippen LogP contribution in [0.15, 0.2) is 59.2 Å². The predicted octanol–water partition coefficient (Wildman–Crippen LogP) is 5.18. The maximum absolute atomic E-state index is 13.3. The molecule has 0 saturated carbocycles. The van der Waals surface area contributed by atoms with Gasteiger partial charge in [-0.05, 0) is 53.8 Å². The van der Waals surface area contributed by atoms with E-state index < -0.39 is 11.8 Å². The second kappa shape index (κ2) is 10.4. The Hall–Kier alpha value is -3.56. The summed E-state index contributed by atoms with van der Waals surface area (Å²) in [5.74, 6) is 0.362.